The number of benzene rings is 1. The zero-order valence-corrected chi connectivity index (χ0v) is 15.2. The molecule has 0 unspecified atom stereocenters. The predicted molar refractivity (Wildman–Crippen MR) is 96.5 cm³/mol. The Kier molecular flexibility index (Phi) is 4.87. The van der Waals surface area contributed by atoms with Crippen LogP contribution in [-0.2, 0) is 17.5 Å². The number of fused-ring (bicyclic) bond motifs is 1. The molecule has 0 aliphatic rings. The summed E-state index contributed by atoms with van der Waals surface area (Å²) in [5.74, 6) is -0.866. The van der Waals surface area contributed by atoms with Crippen molar-refractivity contribution in [3.8, 4) is 0 Å². The third-order valence-electron chi connectivity index (χ3n) is 3.67. The third kappa shape index (κ3) is 3.91. The van der Waals surface area contributed by atoms with Crippen LogP contribution in [-0.4, -0.2) is 15.5 Å². The number of alkyl halides is 3. The molecule has 0 aliphatic heterocycles. The fourth-order valence-corrected chi connectivity index (χ4v) is 3.50. The summed E-state index contributed by atoms with van der Waals surface area (Å²) < 4.78 is 39.1. The first kappa shape index (κ1) is 19.2. The van der Waals surface area contributed by atoms with Gasteiger partial charge in [0.15, 0.2) is 0 Å². The number of aryl methyl sites for hydroxylation is 1. The van der Waals surface area contributed by atoms with E-state index in [0.717, 1.165) is 17.0 Å². The minimum atomic E-state index is -4.61. The van der Waals surface area contributed by atoms with Crippen LogP contribution >= 0.6 is 22.9 Å². The molecule has 0 aliphatic carbocycles. The number of carbonyl (C=O) groups excluding carboxylic acids is 1. The van der Waals surface area contributed by atoms with E-state index in [1.54, 1.807) is 13.0 Å². The van der Waals surface area contributed by atoms with Gasteiger partial charge in [-0.15, -0.1) is 11.3 Å². The fourth-order valence-electron chi connectivity index (χ4n) is 2.44. The zero-order chi connectivity index (χ0) is 19.9. The SMILES string of the molecule is Cc1cc2c(=O)n(CC(=O)Nc3cc(C(F)(F)F)ccc3Cl)c(=O)[nH]c2s1. The van der Waals surface area contributed by atoms with Crippen molar-refractivity contribution in [3.63, 3.8) is 0 Å². The molecule has 3 aromatic rings. The summed E-state index contributed by atoms with van der Waals surface area (Å²) in [5.41, 5.74) is -2.72. The Hall–Kier alpha value is -2.59. The topological polar surface area (TPSA) is 84.0 Å². The van der Waals surface area contributed by atoms with Gasteiger partial charge in [-0.05, 0) is 31.2 Å². The molecule has 1 aromatic carbocycles. The molecule has 2 heterocycles. The van der Waals surface area contributed by atoms with Crippen LogP contribution in [0, 0.1) is 6.92 Å². The molecule has 0 radical (unpaired) electrons. The van der Waals surface area contributed by atoms with Gasteiger partial charge >= 0.3 is 11.9 Å². The number of hydrogen-bond donors (Lipinski definition) is 2. The van der Waals surface area contributed by atoms with Gasteiger partial charge < -0.3 is 5.32 Å². The van der Waals surface area contributed by atoms with Crippen LogP contribution in [0.5, 0.6) is 0 Å². The number of rotatable bonds is 3. The highest BCUT2D eigenvalue weighted by molar-refractivity contribution is 7.18. The fraction of sp³-hybridized carbons (Fsp3) is 0.188. The first-order valence-electron chi connectivity index (χ1n) is 7.46. The van der Waals surface area contributed by atoms with Gasteiger partial charge in [-0.1, -0.05) is 11.6 Å². The summed E-state index contributed by atoms with van der Waals surface area (Å²) in [6.45, 7) is 1.08. The maximum absolute atomic E-state index is 12.8. The zero-order valence-electron chi connectivity index (χ0n) is 13.6. The third-order valence-corrected chi connectivity index (χ3v) is 4.96. The van der Waals surface area contributed by atoms with Crippen molar-refractivity contribution in [1.82, 2.24) is 9.55 Å². The molecule has 1 amide bonds. The van der Waals surface area contributed by atoms with Gasteiger partial charge in [0.1, 0.15) is 11.4 Å². The van der Waals surface area contributed by atoms with Crippen LogP contribution < -0.4 is 16.6 Å². The number of halogens is 4. The van der Waals surface area contributed by atoms with E-state index in [9.17, 15) is 27.6 Å². The molecule has 27 heavy (non-hydrogen) atoms. The van der Waals surface area contributed by atoms with Crippen LogP contribution in [0.1, 0.15) is 10.4 Å². The molecule has 142 valence electrons. The Morgan fingerprint density at radius 1 is 1.30 bits per heavy atom. The molecule has 0 atom stereocenters. The van der Waals surface area contributed by atoms with Crippen LogP contribution in [0.2, 0.25) is 5.02 Å². The van der Waals surface area contributed by atoms with Crippen molar-refractivity contribution < 1.29 is 18.0 Å². The lowest BCUT2D eigenvalue weighted by atomic mass is 10.2. The maximum atomic E-state index is 12.8. The highest BCUT2D eigenvalue weighted by atomic mass is 35.5. The molecule has 0 fully saturated rings. The number of aromatic nitrogens is 2. The number of nitrogens with zero attached hydrogens (tertiary/aromatic N) is 1. The standard InChI is InChI=1S/C16H11ClF3N3O3S/c1-7-4-9-13(27-7)22-15(26)23(14(9)25)6-12(24)21-11-5-8(16(18,19)20)2-3-10(11)17/h2-5H,6H2,1H3,(H,21,24)(H,22,26). The van der Waals surface area contributed by atoms with Crippen molar-refractivity contribution in [1.29, 1.82) is 0 Å². The molecule has 3 rings (SSSR count). The average molecular weight is 418 g/mol. The summed E-state index contributed by atoms with van der Waals surface area (Å²) >= 11 is 7.04. The molecule has 0 spiro atoms. The number of amides is 1. The quantitative estimate of drug-likeness (QED) is 0.685. The number of nitrogens with one attached hydrogen (secondary N) is 2. The molecule has 6 nitrogen and oxygen atoms in total. The molecule has 0 bridgehead atoms. The minimum absolute atomic E-state index is 0.110. The van der Waals surface area contributed by atoms with E-state index in [4.69, 9.17) is 11.6 Å². The lowest BCUT2D eigenvalue weighted by Crippen LogP contribution is -2.38. The number of thiophene rings is 1. The number of aromatic amines is 1. The Balaban J connectivity index is 1.90. The molecular weight excluding hydrogens is 407 g/mol. The van der Waals surface area contributed by atoms with Gasteiger partial charge in [-0.25, -0.2) is 4.79 Å². The van der Waals surface area contributed by atoms with Crippen molar-refractivity contribution in [2.75, 3.05) is 5.32 Å². The van der Waals surface area contributed by atoms with Crippen LogP contribution in [0.25, 0.3) is 10.2 Å². The summed E-state index contributed by atoms with van der Waals surface area (Å²) in [5, 5.41) is 2.34. The van der Waals surface area contributed by atoms with Crippen LogP contribution in [0.3, 0.4) is 0 Å². The van der Waals surface area contributed by atoms with E-state index in [-0.39, 0.29) is 16.1 Å². The van der Waals surface area contributed by atoms with E-state index >= 15 is 0 Å². The predicted octanol–water partition coefficient (Wildman–Crippen LogP) is 3.37. The van der Waals surface area contributed by atoms with E-state index < -0.39 is 35.4 Å². The molecule has 0 saturated carbocycles. The number of anilines is 1. The van der Waals surface area contributed by atoms with Gasteiger partial charge in [-0.3, -0.25) is 19.1 Å². The molecular formula is C16H11ClF3N3O3S. The summed E-state index contributed by atoms with van der Waals surface area (Å²) in [7, 11) is 0. The Morgan fingerprint density at radius 2 is 2.00 bits per heavy atom. The minimum Gasteiger partial charge on any atom is -0.323 e. The van der Waals surface area contributed by atoms with Gasteiger partial charge in [-0.2, -0.15) is 13.2 Å². The number of carbonyl (C=O) groups is 1. The Bertz CT molecular complexity index is 1160. The molecule has 2 N–H and O–H groups in total. The second-order valence-corrected chi connectivity index (χ2v) is 7.33. The van der Waals surface area contributed by atoms with E-state index in [1.165, 1.54) is 11.3 Å². The van der Waals surface area contributed by atoms with E-state index in [1.807, 2.05) is 0 Å². The monoisotopic (exact) mass is 417 g/mol. The average Bonchev–Trinajstić information content (AvgIpc) is 2.93. The lowest BCUT2D eigenvalue weighted by molar-refractivity contribution is -0.137. The van der Waals surface area contributed by atoms with Gasteiger partial charge in [0.05, 0.1) is 21.7 Å². The second-order valence-electron chi connectivity index (χ2n) is 5.66. The van der Waals surface area contributed by atoms with Gasteiger partial charge in [0, 0.05) is 4.88 Å². The maximum Gasteiger partial charge on any atom is 0.416 e. The van der Waals surface area contributed by atoms with Gasteiger partial charge in [0.2, 0.25) is 5.91 Å². The number of H-pyrrole nitrogens is 1. The van der Waals surface area contributed by atoms with Crippen molar-refractivity contribution in [3.05, 3.63) is 60.6 Å². The van der Waals surface area contributed by atoms with E-state index in [2.05, 4.69) is 10.3 Å². The summed E-state index contributed by atoms with van der Waals surface area (Å²) in [6.07, 6.45) is -4.61. The van der Waals surface area contributed by atoms with Crippen molar-refractivity contribution in [2.24, 2.45) is 0 Å². The molecule has 0 saturated heterocycles. The summed E-state index contributed by atoms with van der Waals surface area (Å²) in [4.78, 5) is 40.3. The van der Waals surface area contributed by atoms with Crippen LogP contribution in [0.15, 0.2) is 33.9 Å². The van der Waals surface area contributed by atoms with Gasteiger partial charge in [0.25, 0.3) is 5.56 Å². The van der Waals surface area contributed by atoms with Crippen molar-refractivity contribution >= 4 is 44.7 Å². The highest BCUT2D eigenvalue weighted by Crippen LogP contribution is 2.33. The highest BCUT2D eigenvalue weighted by Gasteiger charge is 2.31. The van der Waals surface area contributed by atoms with Crippen LogP contribution in [0.4, 0.5) is 18.9 Å². The normalized spacial score (nSPS) is 11.7. The first-order valence-corrected chi connectivity index (χ1v) is 8.65. The Labute approximate surface area is 158 Å². The molecule has 11 heteroatoms. The van der Waals surface area contributed by atoms with Crippen molar-refractivity contribution in [2.45, 2.75) is 19.6 Å². The number of hydrogen-bond acceptors (Lipinski definition) is 4. The second kappa shape index (κ2) is 6.86. The lowest BCUT2D eigenvalue weighted by Gasteiger charge is -2.12. The van der Waals surface area contributed by atoms with E-state index in [0.29, 0.717) is 15.5 Å². The largest absolute Gasteiger partial charge is 0.416 e. The molecule has 2 aromatic heterocycles. The summed E-state index contributed by atoms with van der Waals surface area (Å²) in [6, 6.07) is 4.04. The first-order chi connectivity index (χ1) is 12.6. The smallest absolute Gasteiger partial charge is 0.323 e. The Morgan fingerprint density at radius 3 is 2.67 bits per heavy atom.